The Morgan fingerprint density at radius 2 is 2.25 bits per heavy atom. The van der Waals surface area contributed by atoms with Crippen molar-refractivity contribution in [1.82, 2.24) is 20.4 Å². The fourth-order valence-electron chi connectivity index (χ4n) is 1.67. The molecule has 1 aromatic rings. The summed E-state index contributed by atoms with van der Waals surface area (Å²) in [4.78, 5) is 22.9. The van der Waals surface area contributed by atoms with Gasteiger partial charge in [-0.1, -0.05) is 6.92 Å². The highest BCUT2D eigenvalue weighted by molar-refractivity contribution is 7.98. The van der Waals surface area contributed by atoms with Crippen molar-refractivity contribution in [3.05, 3.63) is 18.0 Å². The molecule has 0 aliphatic rings. The third-order valence-corrected chi connectivity index (χ3v) is 3.55. The molecule has 2 amide bonds. The molecule has 0 saturated carbocycles. The fraction of sp³-hybridized carbons (Fsp3) is 0.583. The molecule has 0 bridgehead atoms. The van der Waals surface area contributed by atoms with Gasteiger partial charge in [-0.15, -0.1) is 0 Å². The topological polar surface area (TPSA) is 96.2 Å². The van der Waals surface area contributed by atoms with E-state index >= 15 is 0 Å². The maximum Gasteiger partial charge on any atom is 0.331 e. The summed E-state index contributed by atoms with van der Waals surface area (Å²) in [5.74, 6) is 0.147. The van der Waals surface area contributed by atoms with E-state index < -0.39 is 18.0 Å². The summed E-state index contributed by atoms with van der Waals surface area (Å²) >= 11 is 1.70. The SMILES string of the molecule is CSCC(C)CNC(=O)NC(C(=O)O)c1cnn(C)c1. The van der Waals surface area contributed by atoms with E-state index in [1.54, 1.807) is 25.0 Å². The summed E-state index contributed by atoms with van der Waals surface area (Å²) < 4.78 is 1.49. The van der Waals surface area contributed by atoms with Crippen LogP contribution in [0.4, 0.5) is 4.79 Å². The normalized spacial score (nSPS) is 13.6. The number of hydrogen-bond donors (Lipinski definition) is 3. The number of thioether (sulfide) groups is 1. The Morgan fingerprint density at radius 3 is 2.75 bits per heavy atom. The van der Waals surface area contributed by atoms with Crippen LogP contribution in [-0.2, 0) is 11.8 Å². The van der Waals surface area contributed by atoms with Crippen molar-refractivity contribution in [2.45, 2.75) is 13.0 Å². The highest BCUT2D eigenvalue weighted by Crippen LogP contribution is 2.11. The second-order valence-electron chi connectivity index (χ2n) is 4.63. The van der Waals surface area contributed by atoms with Gasteiger partial charge in [0.15, 0.2) is 6.04 Å². The van der Waals surface area contributed by atoms with Gasteiger partial charge >= 0.3 is 12.0 Å². The third kappa shape index (κ3) is 5.12. The number of amides is 2. The summed E-state index contributed by atoms with van der Waals surface area (Å²) in [5.41, 5.74) is 0.437. The number of nitrogens with one attached hydrogen (secondary N) is 2. The summed E-state index contributed by atoms with van der Waals surface area (Å²) in [6.07, 6.45) is 4.99. The van der Waals surface area contributed by atoms with Gasteiger partial charge in [0.05, 0.1) is 6.20 Å². The molecule has 1 heterocycles. The second kappa shape index (κ2) is 7.78. The average molecular weight is 300 g/mol. The highest BCUT2D eigenvalue weighted by Gasteiger charge is 2.23. The van der Waals surface area contributed by atoms with Crippen LogP contribution in [0.15, 0.2) is 12.4 Å². The van der Waals surface area contributed by atoms with Gasteiger partial charge < -0.3 is 15.7 Å². The first-order valence-corrected chi connectivity index (χ1v) is 7.58. The predicted octanol–water partition coefficient (Wildman–Crippen LogP) is 0.844. The van der Waals surface area contributed by atoms with Gasteiger partial charge in [0.25, 0.3) is 0 Å². The number of rotatable bonds is 7. The van der Waals surface area contributed by atoms with Crippen LogP contribution in [0.2, 0.25) is 0 Å². The van der Waals surface area contributed by atoms with Crippen LogP contribution in [0, 0.1) is 5.92 Å². The number of carbonyl (C=O) groups is 2. The minimum absolute atomic E-state index is 0.331. The lowest BCUT2D eigenvalue weighted by molar-refractivity contribution is -0.139. The number of carboxylic acid groups (broad SMARTS) is 1. The molecule has 1 rings (SSSR count). The maximum absolute atomic E-state index is 11.7. The van der Waals surface area contributed by atoms with Crippen LogP contribution in [0.1, 0.15) is 18.5 Å². The summed E-state index contributed by atoms with van der Waals surface area (Å²) in [6.45, 7) is 2.53. The van der Waals surface area contributed by atoms with Crippen molar-refractivity contribution in [3.63, 3.8) is 0 Å². The van der Waals surface area contributed by atoms with Crippen LogP contribution >= 0.6 is 11.8 Å². The molecule has 0 aliphatic heterocycles. The largest absolute Gasteiger partial charge is 0.479 e. The minimum atomic E-state index is -1.12. The van der Waals surface area contributed by atoms with E-state index in [0.29, 0.717) is 18.0 Å². The molecule has 0 aromatic carbocycles. The number of hydrogen-bond acceptors (Lipinski definition) is 4. The monoisotopic (exact) mass is 300 g/mol. The zero-order valence-corrected chi connectivity index (χ0v) is 12.6. The minimum Gasteiger partial charge on any atom is -0.479 e. The lowest BCUT2D eigenvalue weighted by atomic mass is 10.1. The Kier molecular flexibility index (Phi) is 6.37. The first kappa shape index (κ1) is 16.4. The fourth-order valence-corrected chi connectivity index (χ4v) is 2.36. The molecular weight excluding hydrogens is 280 g/mol. The van der Waals surface area contributed by atoms with Gasteiger partial charge in [-0.2, -0.15) is 16.9 Å². The Hall–Kier alpha value is -1.70. The zero-order valence-electron chi connectivity index (χ0n) is 11.8. The van der Waals surface area contributed by atoms with Crippen molar-refractivity contribution in [2.24, 2.45) is 13.0 Å². The number of aryl methyl sites for hydroxylation is 1. The lowest BCUT2D eigenvalue weighted by Crippen LogP contribution is -2.42. The van der Waals surface area contributed by atoms with Crippen molar-refractivity contribution in [3.8, 4) is 0 Å². The van der Waals surface area contributed by atoms with Gasteiger partial charge in [0, 0.05) is 25.4 Å². The van der Waals surface area contributed by atoms with Gasteiger partial charge in [-0.3, -0.25) is 4.68 Å². The van der Waals surface area contributed by atoms with Gasteiger partial charge in [0.1, 0.15) is 0 Å². The van der Waals surface area contributed by atoms with Crippen LogP contribution in [0.25, 0.3) is 0 Å². The van der Waals surface area contributed by atoms with E-state index in [1.807, 2.05) is 13.2 Å². The molecule has 0 fully saturated rings. The van der Waals surface area contributed by atoms with Crippen molar-refractivity contribution >= 4 is 23.8 Å². The second-order valence-corrected chi connectivity index (χ2v) is 5.54. The molecule has 8 heteroatoms. The lowest BCUT2D eigenvalue weighted by Gasteiger charge is -2.15. The predicted molar refractivity (Wildman–Crippen MR) is 77.7 cm³/mol. The molecule has 2 atom stereocenters. The highest BCUT2D eigenvalue weighted by atomic mass is 32.2. The van der Waals surface area contributed by atoms with E-state index in [1.165, 1.54) is 10.9 Å². The van der Waals surface area contributed by atoms with Gasteiger partial charge in [0.2, 0.25) is 0 Å². The molecule has 112 valence electrons. The molecule has 2 unspecified atom stereocenters. The van der Waals surface area contributed by atoms with Crippen molar-refractivity contribution in [2.75, 3.05) is 18.6 Å². The molecule has 1 aromatic heterocycles. The van der Waals surface area contributed by atoms with Crippen molar-refractivity contribution < 1.29 is 14.7 Å². The number of carbonyl (C=O) groups excluding carboxylic acids is 1. The molecule has 0 spiro atoms. The smallest absolute Gasteiger partial charge is 0.331 e. The first-order chi connectivity index (χ1) is 9.43. The summed E-state index contributed by atoms with van der Waals surface area (Å²) in [7, 11) is 1.69. The van der Waals surface area contributed by atoms with Crippen LogP contribution in [0.5, 0.6) is 0 Å². The van der Waals surface area contributed by atoms with E-state index in [9.17, 15) is 9.59 Å². The summed E-state index contributed by atoms with van der Waals surface area (Å²) in [6, 6.07) is -1.59. The molecule has 20 heavy (non-hydrogen) atoms. The Balaban J connectivity index is 2.54. The number of aromatic nitrogens is 2. The molecule has 0 saturated heterocycles. The number of urea groups is 1. The van der Waals surface area contributed by atoms with Crippen molar-refractivity contribution in [1.29, 1.82) is 0 Å². The maximum atomic E-state index is 11.7. The average Bonchev–Trinajstić information content (AvgIpc) is 2.80. The number of aliphatic carboxylic acids is 1. The van der Waals surface area contributed by atoms with Gasteiger partial charge in [-0.05, 0) is 17.9 Å². The number of carboxylic acids is 1. The van der Waals surface area contributed by atoms with Crippen LogP contribution < -0.4 is 10.6 Å². The Bertz CT molecular complexity index is 463. The Morgan fingerprint density at radius 1 is 1.55 bits per heavy atom. The zero-order chi connectivity index (χ0) is 15.1. The number of nitrogens with zero attached hydrogens (tertiary/aromatic N) is 2. The van der Waals surface area contributed by atoms with Gasteiger partial charge in [-0.25, -0.2) is 9.59 Å². The molecule has 3 N–H and O–H groups in total. The molecule has 7 nitrogen and oxygen atoms in total. The molecule has 0 radical (unpaired) electrons. The summed E-state index contributed by atoms with van der Waals surface area (Å²) in [5, 5.41) is 18.2. The van der Waals surface area contributed by atoms with Crippen LogP contribution in [0.3, 0.4) is 0 Å². The first-order valence-electron chi connectivity index (χ1n) is 6.18. The van der Waals surface area contributed by atoms with E-state index in [0.717, 1.165) is 5.75 Å². The third-order valence-electron chi connectivity index (χ3n) is 2.64. The Labute approximate surface area is 122 Å². The van der Waals surface area contributed by atoms with E-state index in [-0.39, 0.29) is 0 Å². The van der Waals surface area contributed by atoms with E-state index in [4.69, 9.17) is 5.11 Å². The van der Waals surface area contributed by atoms with E-state index in [2.05, 4.69) is 15.7 Å². The quantitative estimate of drug-likeness (QED) is 0.693. The molecule has 0 aliphatic carbocycles. The van der Waals surface area contributed by atoms with Crippen LogP contribution in [-0.4, -0.2) is 45.4 Å². The standard InChI is InChI=1S/C12H20N4O3S/c1-8(7-20-3)4-13-12(19)15-10(11(17)18)9-5-14-16(2)6-9/h5-6,8,10H,4,7H2,1-3H3,(H,17,18)(H2,13,15,19). The molecular formula is C12H20N4O3S.